The molecule has 326 valence electrons. The van der Waals surface area contributed by atoms with Crippen molar-refractivity contribution in [3.8, 4) is 78.7 Å². The van der Waals surface area contributed by atoms with E-state index < -0.39 is 0 Å². The second-order valence-corrected chi connectivity index (χ2v) is 18.2. The molecule has 0 atom stereocenters. The van der Waals surface area contributed by atoms with E-state index in [2.05, 4.69) is 288 Å². The lowest BCUT2D eigenvalue weighted by Crippen LogP contribution is -2.38. The van der Waals surface area contributed by atoms with Crippen LogP contribution in [-0.2, 0) is 0 Å². The molecular weight excluding hydrogens is 845 g/mol. The van der Waals surface area contributed by atoms with Gasteiger partial charge in [-0.3, -0.25) is 0 Å². The molecule has 0 bridgehead atoms. The van der Waals surface area contributed by atoms with Gasteiger partial charge in [-0.05, 0) is 114 Å². The average molecular weight is 891 g/mol. The Balaban J connectivity index is 1.07. The minimum Gasteiger partial charge on any atom is -0.153 e. The maximum atomic E-state index is 2.46. The van der Waals surface area contributed by atoms with Crippen molar-refractivity contribution in [2.24, 2.45) is 0 Å². The Morgan fingerprint density at radius 1 is 0.157 bits per heavy atom. The summed E-state index contributed by atoms with van der Waals surface area (Å²) in [6.45, 7) is 0. The van der Waals surface area contributed by atoms with E-state index in [0.717, 1.165) is 67.5 Å². The van der Waals surface area contributed by atoms with Gasteiger partial charge in [-0.25, -0.2) is 0 Å². The van der Waals surface area contributed by atoms with Gasteiger partial charge in [0, 0.05) is 70.8 Å². The summed E-state index contributed by atoms with van der Waals surface area (Å²) in [6.07, 6.45) is 0. The van der Waals surface area contributed by atoms with E-state index in [1.54, 1.807) is 0 Å². The highest BCUT2D eigenvalue weighted by Crippen LogP contribution is 2.36. The highest BCUT2D eigenvalue weighted by atomic mass is 15.0. The smallest absolute Gasteiger partial charge is 0.153 e. The van der Waals surface area contributed by atoms with E-state index >= 15 is 0 Å². The Bertz CT molecular complexity index is 3630. The van der Waals surface area contributed by atoms with Crippen molar-refractivity contribution in [1.82, 2.24) is 0 Å². The third kappa shape index (κ3) is 7.59. The second kappa shape index (κ2) is 17.4. The molecular formula is C68H46N2+2. The van der Waals surface area contributed by atoms with Crippen LogP contribution in [-0.4, -0.2) is 0 Å². The molecule has 0 radical (unpaired) electrons. The second-order valence-electron chi connectivity index (χ2n) is 18.2. The number of pyridine rings is 2. The molecule has 70 heavy (non-hydrogen) atoms. The molecule has 0 saturated heterocycles. The van der Waals surface area contributed by atoms with E-state index in [-0.39, 0.29) is 0 Å². The summed E-state index contributed by atoms with van der Waals surface area (Å²) in [5, 5.41) is 9.70. The summed E-state index contributed by atoms with van der Waals surface area (Å²) in [7, 11) is 0. The maximum absolute atomic E-state index is 2.46. The van der Waals surface area contributed by atoms with Crippen LogP contribution in [0, 0.1) is 0 Å². The van der Waals surface area contributed by atoms with Crippen LogP contribution in [0.3, 0.4) is 0 Å². The number of rotatable bonds is 8. The van der Waals surface area contributed by atoms with Crippen LogP contribution in [0.15, 0.2) is 279 Å². The SMILES string of the molecule is c1ccc(-c2cc(-c3ccc4ccccc4c3)[n+](-c3ccc(-[n+]4c(-c5ccc6ccccc6c5)cc(-c5ccccc5)cc4-c4ccc5ccccc5c4)cc3)c(-c3ccc4ccccc4c3)c2)cc1. The molecule has 0 N–H and O–H groups in total. The van der Waals surface area contributed by atoms with Crippen molar-refractivity contribution in [3.63, 3.8) is 0 Å². The number of hydrogen-bond donors (Lipinski definition) is 0. The van der Waals surface area contributed by atoms with Crippen LogP contribution in [0.2, 0.25) is 0 Å². The first-order valence-electron chi connectivity index (χ1n) is 24.1. The van der Waals surface area contributed by atoms with E-state index in [1.807, 2.05) is 0 Å². The summed E-state index contributed by atoms with van der Waals surface area (Å²) >= 11 is 0. The predicted molar refractivity (Wildman–Crippen MR) is 292 cm³/mol. The molecule has 0 unspecified atom stereocenters. The fourth-order valence-electron chi connectivity index (χ4n) is 10.3. The zero-order chi connectivity index (χ0) is 46.4. The van der Waals surface area contributed by atoms with E-state index in [9.17, 15) is 0 Å². The van der Waals surface area contributed by atoms with Crippen molar-refractivity contribution in [1.29, 1.82) is 0 Å². The van der Waals surface area contributed by atoms with Gasteiger partial charge in [0.25, 0.3) is 0 Å². The van der Waals surface area contributed by atoms with Crippen LogP contribution in [0.4, 0.5) is 0 Å². The number of aromatic nitrogens is 2. The topological polar surface area (TPSA) is 7.76 Å². The zero-order valence-electron chi connectivity index (χ0n) is 38.5. The fourth-order valence-corrected chi connectivity index (χ4v) is 10.3. The van der Waals surface area contributed by atoms with Gasteiger partial charge in [0.2, 0.25) is 34.2 Å². The van der Waals surface area contributed by atoms with Crippen molar-refractivity contribution in [3.05, 3.63) is 279 Å². The summed E-state index contributed by atoms with van der Waals surface area (Å²) in [4.78, 5) is 0. The Labute approximate surface area is 407 Å². The lowest BCUT2D eigenvalue weighted by atomic mass is 9.96. The van der Waals surface area contributed by atoms with Crippen molar-refractivity contribution >= 4 is 43.1 Å². The van der Waals surface area contributed by atoms with Crippen molar-refractivity contribution in [2.45, 2.75) is 0 Å². The third-order valence-electron chi connectivity index (χ3n) is 13.9. The number of nitrogens with zero attached hydrogens (tertiary/aromatic N) is 2. The number of benzene rings is 11. The largest absolute Gasteiger partial charge is 0.219 e. The molecule has 2 nitrogen and oxygen atoms in total. The van der Waals surface area contributed by atoms with Gasteiger partial charge >= 0.3 is 0 Å². The molecule has 0 saturated carbocycles. The molecule has 0 aliphatic carbocycles. The average Bonchev–Trinajstić information content (AvgIpc) is 3.44. The monoisotopic (exact) mass is 890 g/mol. The van der Waals surface area contributed by atoms with Gasteiger partial charge in [-0.2, -0.15) is 9.13 Å². The standard InChI is InChI=1S/C68H46N2/c1-3-15-47(16-4-1)61-43-65(57-31-27-49-19-7-11-23-53(49)39-57)69(66(44-61)58-32-28-50-20-8-12-24-54(50)40-58)63-35-37-64(38-36-63)70-67(59-33-29-51-21-9-13-25-55(51)41-59)45-62(48-17-5-2-6-18-48)46-68(70)60-34-30-52-22-10-14-26-56(52)42-60/h1-46H/q+2. The quantitative estimate of drug-likeness (QED) is 0.134. The minimum atomic E-state index is 1.07. The Morgan fingerprint density at radius 3 is 0.671 bits per heavy atom. The molecule has 13 rings (SSSR count). The van der Waals surface area contributed by atoms with Crippen molar-refractivity contribution < 1.29 is 9.13 Å². The lowest BCUT2D eigenvalue weighted by Gasteiger charge is -2.15. The van der Waals surface area contributed by atoms with Gasteiger partial charge in [-0.1, -0.05) is 182 Å². The van der Waals surface area contributed by atoms with Crippen LogP contribution >= 0.6 is 0 Å². The maximum Gasteiger partial charge on any atom is 0.219 e. The van der Waals surface area contributed by atoms with Gasteiger partial charge in [0.05, 0.1) is 0 Å². The highest BCUT2D eigenvalue weighted by Gasteiger charge is 2.29. The molecule has 0 amide bonds. The summed E-state index contributed by atoms with van der Waals surface area (Å²) in [5.41, 5.74) is 15.8. The first-order chi connectivity index (χ1) is 34.7. The lowest BCUT2D eigenvalue weighted by molar-refractivity contribution is -0.576. The molecule has 0 aliphatic rings. The molecule has 0 aliphatic heterocycles. The van der Waals surface area contributed by atoms with E-state index in [4.69, 9.17) is 0 Å². The molecule has 11 aromatic carbocycles. The molecule has 0 spiro atoms. The van der Waals surface area contributed by atoms with Crippen LogP contribution in [0.5, 0.6) is 0 Å². The predicted octanol–water partition coefficient (Wildman–Crippen LogP) is 16.9. The first kappa shape index (κ1) is 41.0. The summed E-state index contributed by atoms with van der Waals surface area (Å²) < 4.78 is 4.92. The zero-order valence-corrected chi connectivity index (χ0v) is 38.5. The molecule has 2 heterocycles. The molecule has 0 fully saturated rings. The summed E-state index contributed by atoms with van der Waals surface area (Å²) in [6, 6.07) is 102. The summed E-state index contributed by atoms with van der Waals surface area (Å²) in [5.74, 6) is 0. The Hall–Kier alpha value is -9.24. The van der Waals surface area contributed by atoms with Gasteiger partial charge in [-0.15, -0.1) is 0 Å². The van der Waals surface area contributed by atoms with Gasteiger partial charge < -0.3 is 0 Å². The van der Waals surface area contributed by atoms with E-state index in [0.29, 0.717) is 0 Å². The van der Waals surface area contributed by atoms with Crippen molar-refractivity contribution in [2.75, 3.05) is 0 Å². The third-order valence-corrected chi connectivity index (χ3v) is 13.9. The first-order valence-corrected chi connectivity index (χ1v) is 24.1. The van der Waals surface area contributed by atoms with Crippen LogP contribution in [0.25, 0.3) is 122 Å². The number of fused-ring (bicyclic) bond motifs is 4. The minimum absolute atomic E-state index is 1.07. The van der Waals surface area contributed by atoms with Crippen LogP contribution in [0.1, 0.15) is 0 Å². The van der Waals surface area contributed by atoms with Gasteiger partial charge in [0.1, 0.15) is 0 Å². The Kier molecular flexibility index (Phi) is 10.2. The highest BCUT2D eigenvalue weighted by molar-refractivity contribution is 5.91. The van der Waals surface area contributed by atoms with E-state index in [1.165, 1.54) is 54.2 Å². The number of hydrogen-bond acceptors (Lipinski definition) is 0. The molecule has 2 heteroatoms. The normalized spacial score (nSPS) is 11.4. The molecule has 13 aromatic rings. The van der Waals surface area contributed by atoms with Crippen LogP contribution < -0.4 is 9.13 Å². The molecule has 2 aromatic heterocycles. The fraction of sp³-hybridized carbons (Fsp3) is 0. The Morgan fingerprint density at radius 2 is 0.400 bits per heavy atom. The van der Waals surface area contributed by atoms with Gasteiger partial charge in [0.15, 0.2) is 0 Å².